The molecule has 1 aromatic heterocycles. The Balaban J connectivity index is 2.35. The number of nitrogens with zero attached hydrogens (tertiary/aromatic N) is 1. The highest BCUT2D eigenvalue weighted by atomic mass is 16.5. The lowest BCUT2D eigenvalue weighted by atomic mass is 10.2. The second kappa shape index (κ2) is 4.75. The van der Waals surface area contributed by atoms with Crippen LogP contribution in [0.15, 0.2) is 36.4 Å². The number of pyridine rings is 1. The second-order valence-electron chi connectivity index (χ2n) is 3.77. The van der Waals surface area contributed by atoms with Crippen LogP contribution in [0.5, 0.6) is 17.4 Å². The van der Waals surface area contributed by atoms with E-state index in [0.29, 0.717) is 11.4 Å². The minimum atomic E-state index is -0.601. The van der Waals surface area contributed by atoms with Gasteiger partial charge >= 0.3 is 0 Å². The Morgan fingerprint density at radius 3 is 2.50 bits per heavy atom. The van der Waals surface area contributed by atoms with Gasteiger partial charge in [-0.25, -0.2) is 4.98 Å². The number of ether oxygens (including phenoxy) is 1. The zero-order valence-corrected chi connectivity index (χ0v) is 9.75. The van der Waals surface area contributed by atoms with E-state index >= 15 is 0 Å². The Kier molecular flexibility index (Phi) is 3.14. The number of aromatic hydroxyl groups is 1. The number of carbonyl (C=O) groups excluding carboxylic acids is 1. The molecule has 1 aromatic carbocycles. The van der Waals surface area contributed by atoms with Crippen molar-refractivity contribution in [3.63, 3.8) is 0 Å². The van der Waals surface area contributed by atoms with Gasteiger partial charge in [0.25, 0.3) is 5.91 Å². The quantitative estimate of drug-likeness (QED) is 0.864. The zero-order chi connectivity index (χ0) is 13.1. The van der Waals surface area contributed by atoms with Gasteiger partial charge in [0.1, 0.15) is 17.1 Å². The van der Waals surface area contributed by atoms with Crippen molar-refractivity contribution in [1.29, 1.82) is 0 Å². The molecule has 0 radical (unpaired) electrons. The van der Waals surface area contributed by atoms with Crippen LogP contribution in [-0.4, -0.2) is 16.0 Å². The predicted octanol–water partition coefficient (Wildman–Crippen LogP) is 1.99. The number of hydrogen-bond donors (Lipinski definition) is 2. The van der Waals surface area contributed by atoms with E-state index in [9.17, 15) is 4.79 Å². The number of primary amides is 1. The molecule has 2 rings (SSSR count). The molecule has 0 fully saturated rings. The normalized spacial score (nSPS) is 10.1. The van der Waals surface area contributed by atoms with Gasteiger partial charge in [0.05, 0.1) is 0 Å². The van der Waals surface area contributed by atoms with Crippen LogP contribution in [0.25, 0.3) is 0 Å². The number of hydrogen-bond acceptors (Lipinski definition) is 4. The van der Waals surface area contributed by atoms with Crippen molar-refractivity contribution in [2.24, 2.45) is 5.73 Å². The molecule has 0 saturated carbocycles. The number of rotatable bonds is 3. The van der Waals surface area contributed by atoms with Gasteiger partial charge in [-0.2, -0.15) is 0 Å². The van der Waals surface area contributed by atoms with Crippen molar-refractivity contribution in [3.8, 4) is 17.4 Å². The number of nitrogens with two attached hydrogens (primary N) is 1. The average molecular weight is 244 g/mol. The largest absolute Gasteiger partial charge is 0.508 e. The van der Waals surface area contributed by atoms with Crippen LogP contribution >= 0.6 is 0 Å². The Hall–Kier alpha value is -2.56. The zero-order valence-electron chi connectivity index (χ0n) is 9.75. The number of aryl methyl sites for hydroxylation is 1. The fourth-order valence-corrected chi connectivity index (χ4v) is 1.42. The summed E-state index contributed by atoms with van der Waals surface area (Å²) in [4.78, 5) is 15.4. The Morgan fingerprint density at radius 2 is 1.89 bits per heavy atom. The number of phenolic OH excluding ortho intramolecular Hbond substituents is 1. The summed E-state index contributed by atoms with van der Waals surface area (Å²) in [7, 11) is 0. The SMILES string of the molecule is Cc1ccc(C(N)=O)c(Oc2ccc(O)cc2)n1. The molecule has 18 heavy (non-hydrogen) atoms. The number of benzene rings is 1. The van der Waals surface area contributed by atoms with Crippen LogP contribution in [0.3, 0.4) is 0 Å². The Morgan fingerprint density at radius 1 is 1.22 bits per heavy atom. The van der Waals surface area contributed by atoms with Crippen molar-refractivity contribution in [2.45, 2.75) is 6.92 Å². The summed E-state index contributed by atoms with van der Waals surface area (Å²) in [5.41, 5.74) is 6.18. The Labute approximate surface area is 104 Å². The summed E-state index contributed by atoms with van der Waals surface area (Å²) in [6.45, 7) is 1.79. The van der Waals surface area contributed by atoms with Crippen molar-refractivity contribution in [3.05, 3.63) is 47.7 Å². The molecule has 0 saturated heterocycles. The first-order valence-electron chi connectivity index (χ1n) is 5.30. The lowest BCUT2D eigenvalue weighted by molar-refractivity contribution is 0.0997. The van der Waals surface area contributed by atoms with Gasteiger partial charge in [-0.1, -0.05) is 0 Å². The molecular formula is C13H12N2O3. The third-order valence-corrected chi connectivity index (χ3v) is 2.32. The van der Waals surface area contributed by atoms with Gasteiger partial charge in [0, 0.05) is 5.69 Å². The first-order chi connectivity index (χ1) is 8.56. The first kappa shape index (κ1) is 11.9. The first-order valence-corrected chi connectivity index (χ1v) is 5.30. The second-order valence-corrected chi connectivity index (χ2v) is 3.77. The van der Waals surface area contributed by atoms with Gasteiger partial charge in [-0.15, -0.1) is 0 Å². The number of amides is 1. The van der Waals surface area contributed by atoms with Crippen LogP contribution in [0, 0.1) is 6.92 Å². The highest BCUT2D eigenvalue weighted by Crippen LogP contribution is 2.24. The smallest absolute Gasteiger partial charge is 0.254 e. The lowest BCUT2D eigenvalue weighted by Gasteiger charge is -2.08. The molecule has 92 valence electrons. The molecule has 3 N–H and O–H groups in total. The van der Waals surface area contributed by atoms with Crippen LogP contribution in [0.2, 0.25) is 0 Å². The summed E-state index contributed by atoms with van der Waals surface area (Å²) in [5.74, 6) is 0.160. The molecule has 5 nitrogen and oxygen atoms in total. The third-order valence-electron chi connectivity index (χ3n) is 2.32. The minimum absolute atomic E-state index is 0.134. The molecular weight excluding hydrogens is 232 g/mol. The highest BCUT2D eigenvalue weighted by Gasteiger charge is 2.12. The molecule has 0 aliphatic carbocycles. The van der Waals surface area contributed by atoms with E-state index in [1.807, 2.05) is 0 Å². The average Bonchev–Trinajstić information content (AvgIpc) is 2.32. The molecule has 5 heteroatoms. The molecule has 0 aliphatic heterocycles. The molecule has 1 amide bonds. The van der Waals surface area contributed by atoms with E-state index in [2.05, 4.69) is 4.98 Å². The topological polar surface area (TPSA) is 85.4 Å². The van der Waals surface area contributed by atoms with Crippen molar-refractivity contribution in [2.75, 3.05) is 0 Å². The standard InChI is InChI=1S/C13H12N2O3/c1-8-2-7-11(12(14)17)13(15-8)18-10-5-3-9(16)4-6-10/h2-7,16H,1H3,(H2,14,17). The maximum absolute atomic E-state index is 11.2. The van der Waals surface area contributed by atoms with Gasteiger partial charge in [0.2, 0.25) is 5.88 Å². The maximum Gasteiger partial charge on any atom is 0.254 e. The minimum Gasteiger partial charge on any atom is -0.508 e. The van der Waals surface area contributed by atoms with Crippen LogP contribution < -0.4 is 10.5 Å². The van der Waals surface area contributed by atoms with Crippen molar-refractivity contribution >= 4 is 5.91 Å². The third kappa shape index (κ3) is 2.57. The summed E-state index contributed by atoms with van der Waals surface area (Å²) in [5, 5.41) is 9.16. The van der Waals surface area contributed by atoms with E-state index in [1.54, 1.807) is 31.2 Å². The fourth-order valence-electron chi connectivity index (χ4n) is 1.42. The van der Waals surface area contributed by atoms with Gasteiger partial charge < -0.3 is 15.6 Å². The van der Waals surface area contributed by atoms with Crippen LogP contribution in [0.4, 0.5) is 0 Å². The van der Waals surface area contributed by atoms with E-state index in [0.717, 1.165) is 0 Å². The summed E-state index contributed by atoms with van der Waals surface area (Å²) >= 11 is 0. The number of phenols is 1. The molecule has 0 atom stereocenters. The summed E-state index contributed by atoms with van der Waals surface area (Å²) in [6.07, 6.45) is 0. The van der Waals surface area contributed by atoms with Crippen molar-refractivity contribution < 1.29 is 14.6 Å². The van der Waals surface area contributed by atoms with Crippen LogP contribution in [0.1, 0.15) is 16.1 Å². The van der Waals surface area contributed by atoms with Gasteiger partial charge in [-0.05, 0) is 43.3 Å². The monoisotopic (exact) mass is 244 g/mol. The maximum atomic E-state index is 11.2. The molecule has 0 bridgehead atoms. The lowest BCUT2D eigenvalue weighted by Crippen LogP contribution is -2.13. The number of aromatic nitrogens is 1. The van der Waals surface area contributed by atoms with E-state index in [1.165, 1.54) is 12.1 Å². The Bertz CT molecular complexity index is 579. The van der Waals surface area contributed by atoms with Gasteiger partial charge in [-0.3, -0.25) is 4.79 Å². The molecule has 0 aliphatic rings. The predicted molar refractivity (Wildman–Crippen MR) is 65.7 cm³/mol. The highest BCUT2D eigenvalue weighted by molar-refractivity contribution is 5.95. The van der Waals surface area contributed by atoms with E-state index < -0.39 is 5.91 Å². The van der Waals surface area contributed by atoms with Gasteiger partial charge in [0.15, 0.2) is 0 Å². The van der Waals surface area contributed by atoms with E-state index in [4.69, 9.17) is 15.6 Å². The number of carbonyl (C=O) groups is 1. The van der Waals surface area contributed by atoms with Crippen molar-refractivity contribution in [1.82, 2.24) is 4.98 Å². The summed E-state index contributed by atoms with van der Waals surface area (Å²) < 4.78 is 5.48. The molecule has 2 aromatic rings. The molecule has 1 heterocycles. The molecule has 0 spiro atoms. The summed E-state index contributed by atoms with van der Waals surface area (Å²) in [6, 6.07) is 9.36. The van der Waals surface area contributed by atoms with E-state index in [-0.39, 0.29) is 17.2 Å². The fraction of sp³-hybridized carbons (Fsp3) is 0.0769. The molecule has 0 unspecified atom stereocenters. The van der Waals surface area contributed by atoms with Crippen LogP contribution in [-0.2, 0) is 0 Å².